The van der Waals surface area contributed by atoms with Crippen molar-refractivity contribution in [2.24, 2.45) is 5.84 Å². The largest absolute Gasteiger partial charge is 0.350 e. The molecule has 94 valence electrons. The number of benzene rings is 1. The first-order valence-electron chi connectivity index (χ1n) is 5.65. The number of amides is 1. The molecule has 1 unspecified atom stereocenters. The van der Waals surface area contributed by atoms with Crippen molar-refractivity contribution >= 4 is 23.2 Å². The molecule has 0 spiro atoms. The number of hydrogen-bond donors (Lipinski definition) is 3. The summed E-state index contributed by atoms with van der Waals surface area (Å²) < 4.78 is 0. The maximum Gasteiger partial charge on any atom is 0.253 e. The third-order valence-electron chi connectivity index (χ3n) is 2.48. The summed E-state index contributed by atoms with van der Waals surface area (Å²) in [5.74, 6) is 5.19. The lowest BCUT2D eigenvalue weighted by molar-refractivity contribution is 0.0939. The zero-order chi connectivity index (χ0) is 12.8. The smallest absolute Gasteiger partial charge is 0.253 e. The van der Waals surface area contributed by atoms with E-state index >= 15 is 0 Å². The summed E-state index contributed by atoms with van der Waals surface area (Å²) in [6.07, 6.45) is 1.97. The first kappa shape index (κ1) is 13.8. The van der Waals surface area contributed by atoms with Gasteiger partial charge in [-0.2, -0.15) is 0 Å². The Morgan fingerprint density at radius 1 is 1.53 bits per heavy atom. The van der Waals surface area contributed by atoms with E-state index in [1.807, 2.05) is 6.92 Å². The van der Waals surface area contributed by atoms with E-state index in [2.05, 4.69) is 17.7 Å². The van der Waals surface area contributed by atoms with Crippen molar-refractivity contribution in [3.63, 3.8) is 0 Å². The van der Waals surface area contributed by atoms with Crippen LogP contribution in [0.25, 0.3) is 0 Å². The number of nitrogens with one attached hydrogen (secondary N) is 2. The van der Waals surface area contributed by atoms with Crippen LogP contribution in [0.4, 0.5) is 5.69 Å². The van der Waals surface area contributed by atoms with Gasteiger partial charge in [-0.3, -0.25) is 10.6 Å². The van der Waals surface area contributed by atoms with E-state index in [-0.39, 0.29) is 11.9 Å². The summed E-state index contributed by atoms with van der Waals surface area (Å²) >= 11 is 5.87. The number of hydrogen-bond acceptors (Lipinski definition) is 3. The predicted molar refractivity (Wildman–Crippen MR) is 71.1 cm³/mol. The summed E-state index contributed by atoms with van der Waals surface area (Å²) in [5.41, 5.74) is 3.52. The zero-order valence-electron chi connectivity index (χ0n) is 10.1. The van der Waals surface area contributed by atoms with Crippen molar-refractivity contribution in [2.45, 2.75) is 32.7 Å². The zero-order valence-corrected chi connectivity index (χ0v) is 10.8. The van der Waals surface area contributed by atoms with E-state index < -0.39 is 0 Å². The Hall–Kier alpha value is -1.26. The highest BCUT2D eigenvalue weighted by Gasteiger charge is 2.13. The van der Waals surface area contributed by atoms with Crippen LogP contribution in [-0.2, 0) is 0 Å². The van der Waals surface area contributed by atoms with Gasteiger partial charge in [0.05, 0.1) is 11.3 Å². The first-order chi connectivity index (χ1) is 8.08. The molecule has 4 N–H and O–H groups in total. The third kappa shape index (κ3) is 3.91. The molecule has 1 aromatic rings. The Morgan fingerprint density at radius 3 is 2.82 bits per heavy atom. The molecule has 0 fully saturated rings. The average Bonchev–Trinajstić information content (AvgIpc) is 2.29. The lowest BCUT2D eigenvalue weighted by Crippen LogP contribution is -2.33. The van der Waals surface area contributed by atoms with Gasteiger partial charge in [-0.05, 0) is 31.5 Å². The van der Waals surface area contributed by atoms with Crippen LogP contribution in [0.15, 0.2) is 18.2 Å². The van der Waals surface area contributed by atoms with Crippen LogP contribution >= 0.6 is 11.6 Å². The SMILES string of the molecule is CCCC(C)NC(=O)c1cc(Cl)ccc1NN. The monoisotopic (exact) mass is 255 g/mol. The molecule has 0 saturated carbocycles. The van der Waals surface area contributed by atoms with Crippen molar-refractivity contribution in [1.82, 2.24) is 5.32 Å². The molecule has 5 heteroatoms. The fourth-order valence-electron chi connectivity index (χ4n) is 1.64. The number of nitrogens with two attached hydrogens (primary N) is 1. The van der Waals surface area contributed by atoms with Gasteiger partial charge in [0, 0.05) is 11.1 Å². The number of rotatable bonds is 5. The van der Waals surface area contributed by atoms with Crippen molar-refractivity contribution in [2.75, 3.05) is 5.43 Å². The van der Waals surface area contributed by atoms with Gasteiger partial charge in [0.15, 0.2) is 0 Å². The quantitative estimate of drug-likeness (QED) is 0.560. The molecule has 1 amide bonds. The highest BCUT2D eigenvalue weighted by molar-refractivity contribution is 6.31. The summed E-state index contributed by atoms with van der Waals surface area (Å²) in [4.78, 5) is 12.0. The second kappa shape index (κ2) is 6.47. The molecule has 0 aromatic heterocycles. The number of anilines is 1. The maximum absolute atomic E-state index is 12.0. The minimum absolute atomic E-state index is 0.136. The fraction of sp³-hybridized carbons (Fsp3) is 0.417. The van der Waals surface area contributed by atoms with Gasteiger partial charge in [0.25, 0.3) is 5.91 Å². The molecule has 1 aromatic carbocycles. The summed E-state index contributed by atoms with van der Waals surface area (Å²) in [7, 11) is 0. The van der Waals surface area contributed by atoms with Gasteiger partial charge >= 0.3 is 0 Å². The van der Waals surface area contributed by atoms with E-state index in [4.69, 9.17) is 17.4 Å². The van der Waals surface area contributed by atoms with Crippen LogP contribution in [0, 0.1) is 0 Å². The second-order valence-corrected chi connectivity index (χ2v) is 4.43. The van der Waals surface area contributed by atoms with Crippen LogP contribution < -0.4 is 16.6 Å². The van der Waals surface area contributed by atoms with Crippen LogP contribution in [0.5, 0.6) is 0 Å². The van der Waals surface area contributed by atoms with Gasteiger partial charge in [-0.25, -0.2) is 0 Å². The lowest BCUT2D eigenvalue weighted by Gasteiger charge is -2.15. The third-order valence-corrected chi connectivity index (χ3v) is 2.72. The highest BCUT2D eigenvalue weighted by Crippen LogP contribution is 2.20. The Kier molecular flexibility index (Phi) is 5.25. The van der Waals surface area contributed by atoms with E-state index in [0.717, 1.165) is 12.8 Å². The van der Waals surface area contributed by atoms with Crippen LogP contribution in [0.3, 0.4) is 0 Å². The van der Waals surface area contributed by atoms with Crippen LogP contribution in [0.1, 0.15) is 37.0 Å². The second-order valence-electron chi connectivity index (χ2n) is 4.00. The summed E-state index contributed by atoms with van der Waals surface area (Å²) in [6, 6.07) is 5.10. The molecular formula is C12H18ClN3O. The van der Waals surface area contributed by atoms with Gasteiger partial charge < -0.3 is 10.7 Å². The molecule has 0 radical (unpaired) electrons. The van der Waals surface area contributed by atoms with E-state index in [9.17, 15) is 4.79 Å². The maximum atomic E-state index is 12.0. The number of carbonyl (C=O) groups is 1. The van der Waals surface area contributed by atoms with Crippen LogP contribution in [-0.4, -0.2) is 11.9 Å². The number of halogens is 1. The topological polar surface area (TPSA) is 67.2 Å². The summed E-state index contributed by atoms with van der Waals surface area (Å²) in [5, 5.41) is 3.42. The molecule has 0 heterocycles. The Balaban J connectivity index is 2.83. The van der Waals surface area contributed by atoms with Crippen molar-refractivity contribution in [3.8, 4) is 0 Å². The molecule has 17 heavy (non-hydrogen) atoms. The molecule has 0 aliphatic rings. The van der Waals surface area contributed by atoms with E-state index in [0.29, 0.717) is 16.3 Å². The summed E-state index contributed by atoms with van der Waals surface area (Å²) in [6.45, 7) is 4.05. The fourth-order valence-corrected chi connectivity index (χ4v) is 1.81. The molecule has 0 bridgehead atoms. The van der Waals surface area contributed by atoms with Gasteiger partial charge in [0.1, 0.15) is 0 Å². The number of nitrogen functional groups attached to an aromatic ring is 1. The van der Waals surface area contributed by atoms with Crippen molar-refractivity contribution in [3.05, 3.63) is 28.8 Å². The van der Waals surface area contributed by atoms with Crippen LogP contribution in [0.2, 0.25) is 5.02 Å². The first-order valence-corrected chi connectivity index (χ1v) is 6.03. The Bertz CT molecular complexity index is 395. The van der Waals surface area contributed by atoms with Gasteiger partial charge in [-0.15, -0.1) is 0 Å². The molecular weight excluding hydrogens is 238 g/mol. The lowest BCUT2D eigenvalue weighted by atomic mass is 10.1. The molecule has 0 saturated heterocycles. The highest BCUT2D eigenvalue weighted by atomic mass is 35.5. The van der Waals surface area contributed by atoms with Crippen molar-refractivity contribution in [1.29, 1.82) is 0 Å². The van der Waals surface area contributed by atoms with Gasteiger partial charge in [0.2, 0.25) is 0 Å². The normalized spacial score (nSPS) is 12.0. The number of carbonyl (C=O) groups excluding carboxylic acids is 1. The molecule has 0 aliphatic heterocycles. The minimum atomic E-state index is -0.165. The standard InChI is InChI=1S/C12H18ClN3O/c1-3-4-8(2)15-12(17)10-7-9(13)5-6-11(10)16-14/h5-8,16H,3-4,14H2,1-2H3,(H,15,17). The van der Waals surface area contributed by atoms with E-state index in [1.165, 1.54) is 0 Å². The van der Waals surface area contributed by atoms with Gasteiger partial charge in [-0.1, -0.05) is 24.9 Å². The number of hydrazine groups is 1. The molecule has 1 rings (SSSR count). The Morgan fingerprint density at radius 2 is 2.24 bits per heavy atom. The molecule has 1 atom stereocenters. The molecule has 0 aliphatic carbocycles. The van der Waals surface area contributed by atoms with Crippen molar-refractivity contribution < 1.29 is 4.79 Å². The minimum Gasteiger partial charge on any atom is -0.350 e. The molecule has 4 nitrogen and oxygen atoms in total. The average molecular weight is 256 g/mol. The predicted octanol–water partition coefficient (Wildman–Crippen LogP) is 2.54. The Labute approximate surface area is 106 Å². The van der Waals surface area contributed by atoms with E-state index in [1.54, 1.807) is 18.2 Å².